The molecule has 0 bridgehead atoms. The first kappa shape index (κ1) is 19.7. The number of carbonyl (C=O) groups excluding carboxylic acids is 3. The van der Waals surface area contributed by atoms with Crippen LogP contribution in [0.3, 0.4) is 0 Å². The summed E-state index contributed by atoms with van der Waals surface area (Å²) >= 11 is 0. The summed E-state index contributed by atoms with van der Waals surface area (Å²) in [5.74, 6) is -2.71. The molecule has 2 aromatic carbocycles. The Morgan fingerprint density at radius 3 is 2.26 bits per heavy atom. The monoisotopic (exact) mass is 418 g/mol. The van der Waals surface area contributed by atoms with Gasteiger partial charge in [0.2, 0.25) is 11.8 Å². The van der Waals surface area contributed by atoms with Crippen LogP contribution >= 0.6 is 0 Å². The largest absolute Gasteiger partial charge is 0.353 e. The van der Waals surface area contributed by atoms with Crippen molar-refractivity contribution in [3.05, 3.63) is 66.0 Å². The molecular formula is C25H23FN2O3. The van der Waals surface area contributed by atoms with Gasteiger partial charge < -0.3 is 4.90 Å². The van der Waals surface area contributed by atoms with E-state index in [1.54, 1.807) is 0 Å². The van der Waals surface area contributed by atoms with Crippen molar-refractivity contribution in [2.45, 2.75) is 32.9 Å². The van der Waals surface area contributed by atoms with Crippen molar-refractivity contribution in [1.29, 1.82) is 0 Å². The van der Waals surface area contributed by atoms with Crippen LogP contribution in [0.15, 0.2) is 54.6 Å². The lowest BCUT2D eigenvalue weighted by atomic mass is 9.79. The molecule has 4 atom stereocenters. The van der Waals surface area contributed by atoms with E-state index >= 15 is 0 Å². The minimum Gasteiger partial charge on any atom is -0.353 e. The highest BCUT2D eigenvalue weighted by Crippen LogP contribution is 2.50. The smallest absolute Gasteiger partial charge is 0.240 e. The van der Waals surface area contributed by atoms with Crippen molar-refractivity contribution in [3.8, 4) is 0 Å². The fraction of sp³-hybridized carbons (Fsp3) is 0.320. The first-order chi connectivity index (χ1) is 14.7. The zero-order chi connectivity index (χ0) is 22.1. The molecule has 0 aliphatic carbocycles. The number of halogens is 1. The minimum absolute atomic E-state index is 0.0720. The molecule has 5 rings (SSSR count). The summed E-state index contributed by atoms with van der Waals surface area (Å²) in [6.07, 6.45) is 3.88. The molecule has 2 amide bonds. The molecule has 2 saturated heterocycles. The molecule has 5 nitrogen and oxygen atoms in total. The van der Waals surface area contributed by atoms with Gasteiger partial charge in [0.15, 0.2) is 5.78 Å². The average Bonchev–Trinajstić information content (AvgIpc) is 3.21. The first-order valence-electron chi connectivity index (χ1n) is 10.4. The molecule has 158 valence electrons. The van der Waals surface area contributed by atoms with E-state index in [1.807, 2.05) is 62.1 Å². The molecule has 2 aromatic rings. The zero-order valence-corrected chi connectivity index (χ0v) is 17.6. The van der Waals surface area contributed by atoms with E-state index in [2.05, 4.69) is 0 Å². The molecule has 3 aliphatic rings. The Labute approximate surface area is 180 Å². The topological polar surface area (TPSA) is 57.7 Å². The van der Waals surface area contributed by atoms with Crippen molar-refractivity contribution in [3.63, 3.8) is 0 Å². The Bertz CT molecular complexity index is 1130. The summed E-state index contributed by atoms with van der Waals surface area (Å²) < 4.78 is 13.4. The van der Waals surface area contributed by atoms with Crippen LogP contribution in [-0.2, 0) is 14.4 Å². The lowest BCUT2D eigenvalue weighted by Gasteiger charge is -2.38. The summed E-state index contributed by atoms with van der Waals surface area (Å²) in [5.41, 5.74) is 1.47. The van der Waals surface area contributed by atoms with Gasteiger partial charge >= 0.3 is 0 Å². The predicted octanol–water partition coefficient (Wildman–Crippen LogP) is 3.83. The molecule has 0 aromatic heterocycles. The normalized spacial score (nSPS) is 26.7. The maximum Gasteiger partial charge on any atom is 0.240 e. The zero-order valence-electron chi connectivity index (χ0n) is 17.6. The number of amides is 2. The molecule has 3 heterocycles. The maximum absolute atomic E-state index is 13.6. The predicted molar refractivity (Wildman–Crippen MR) is 116 cm³/mol. The molecule has 0 radical (unpaired) electrons. The van der Waals surface area contributed by atoms with Gasteiger partial charge in [0, 0.05) is 11.1 Å². The summed E-state index contributed by atoms with van der Waals surface area (Å²) in [6, 6.07) is 11.9. The number of imide groups is 1. The number of hydrogen-bond donors (Lipinski definition) is 0. The third kappa shape index (κ3) is 2.77. The summed E-state index contributed by atoms with van der Waals surface area (Å²) in [4.78, 5) is 43.8. The van der Waals surface area contributed by atoms with E-state index in [0.717, 1.165) is 16.2 Å². The summed E-state index contributed by atoms with van der Waals surface area (Å²) in [6.45, 7) is 5.51. The van der Waals surface area contributed by atoms with E-state index in [4.69, 9.17) is 0 Å². The van der Waals surface area contributed by atoms with E-state index in [0.29, 0.717) is 5.69 Å². The van der Waals surface area contributed by atoms with Gasteiger partial charge in [0.1, 0.15) is 11.9 Å². The van der Waals surface area contributed by atoms with E-state index in [9.17, 15) is 18.8 Å². The standard InChI is InChI=1S/C25H23FN2O3/c1-25(2,3)22(29)21-20-19(18-13-8-14-6-4-5-7-17(14)28(18)21)23(30)27(24(20)31)16-11-9-15(26)10-12-16/h4-13,18-21H,1-3H3/t18-,19-,20-,21+/m1/s1. The van der Waals surface area contributed by atoms with Gasteiger partial charge in [-0.25, -0.2) is 9.29 Å². The number of ketones is 1. The van der Waals surface area contributed by atoms with Crippen molar-refractivity contribution >= 4 is 35.0 Å². The van der Waals surface area contributed by atoms with E-state index in [1.165, 1.54) is 24.3 Å². The van der Waals surface area contributed by atoms with Gasteiger partial charge in [0.05, 0.1) is 23.6 Å². The lowest BCUT2D eigenvalue weighted by Crippen LogP contribution is -2.51. The Balaban J connectivity index is 1.65. The van der Waals surface area contributed by atoms with Gasteiger partial charge in [-0.1, -0.05) is 51.1 Å². The molecule has 0 saturated carbocycles. The third-order valence-corrected chi connectivity index (χ3v) is 6.51. The van der Waals surface area contributed by atoms with Gasteiger partial charge in [-0.2, -0.15) is 0 Å². The molecule has 0 N–H and O–H groups in total. The fourth-order valence-corrected chi connectivity index (χ4v) is 5.10. The van der Waals surface area contributed by atoms with Crippen molar-refractivity contribution in [2.75, 3.05) is 9.80 Å². The number of fused-ring (bicyclic) bond motifs is 5. The van der Waals surface area contributed by atoms with E-state index in [-0.39, 0.29) is 11.7 Å². The van der Waals surface area contributed by atoms with Gasteiger partial charge in [-0.3, -0.25) is 14.4 Å². The van der Waals surface area contributed by atoms with Crippen molar-refractivity contribution in [1.82, 2.24) is 0 Å². The first-order valence-corrected chi connectivity index (χ1v) is 10.4. The fourth-order valence-electron chi connectivity index (χ4n) is 5.10. The van der Waals surface area contributed by atoms with Gasteiger partial charge in [-0.15, -0.1) is 0 Å². The van der Waals surface area contributed by atoms with Crippen LogP contribution in [-0.4, -0.2) is 29.7 Å². The second kappa shape index (κ2) is 6.61. The van der Waals surface area contributed by atoms with Crippen LogP contribution in [0.2, 0.25) is 0 Å². The van der Waals surface area contributed by atoms with Crippen LogP contribution < -0.4 is 9.80 Å². The minimum atomic E-state index is -0.787. The van der Waals surface area contributed by atoms with Crippen molar-refractivity contribution < 1.29 is 18.8 Å². The number of anilines is 2. The number of nitrogens with zero attached hydrogens (tertiary/aromatic N) is 2. The van der Waals surface area contributed by atoms with Crippen molar-refractivity contribution in [2.24, 2.45) is 17.3 Å². The van der Waals surface area contributed by atoms with E-state index < -0.39 is 41.1 Å². The average molecular weight is 418 g/mol. The Hall–Kier alpha value is -3.28. The van der Waals surface area contributed by atoms with Crippen LogP contribution in [0.4, 0.5) is 15.8 Å². The number of rotatable bonds is 2. The molecule has 3 aliphatic heterocycles. The quantitative estimate of drug-likeness (QED) is 0.696. The van der Waals surface area contributed by atoms with Gasteiger partial charge in [-0.05, 0) is 35.9 Å². The number of carbonyl (C=O) groups is 3. The second-order valence-electron chi connectivity index (χ2n) is 9.41. The van der Waals surface area contributed by atoms with Crippen LogP contribution in [0.5, 0.6) is 0 Å². The lowest BCUT2D eigenvalue weighted by molar-refractivity contribution is -0.132. The molecule has 2 fully saturated rings. The molecule has 6 heteroatoms. The SMILES string of the molecule is CC(C)(C)C(=O)[C@@H]1[C@@H]2C(=O)N(c3ccc(F)cc3)C(=O)[C@@H]2[C@H]2C=Cc3ccccc3N21. The van der Waals surface area contributed by atoms with Crippen LogP contribution in [0, 0.1) is 23.1 Å². The van der Waals surface area contributed by atoms with Gasteiger partial charge in [0.25, 0.3) is 0 Å². The highest BCUT2D eigenvalue weighted by molar-refractivity contribution is 6.25. The Morgan fingerprint density at radius 2 is 1.58 bits per heavy atom. The van der Waals surface area contributed by atoms with Crippen LogP contribution in [0.25, 0.3) is 6.08 Å². The summed E-state index contributed by atoms with van der Waals surface area (Å²) in [5, 5.41) is 0. The highest BCUT2D eigenvalue weighted by Gasteiger charge is 2.64. The Kier molecular flexibility index (Phi) is 4.19. The number of hydrogen-bond acceptors (Lipinski definition) is 4. The Morgan fingerprint density at radius 1 is 0.935 bits per heavy atom. The maximum atomic E-state index is 13.6. The van der Waals surface area contributed by atoms with Crippen LogP contribution in [0.1, 0.15) is 26.3 Å². The second-order valence-corrected chi connectivity index (χ2v) is 9.41. The molecule has 31 heavy (non-hydrogen) atoms. The molecular weight excluding hydrogens is 395 g/mol. The molecule has 0 unspecified atom stereocenters. The highest BCUT2D eigenvalue weighted by atomic mass is 19.1. The molecule has 0 spiro atoms. The summed E-state index contributed by atoms with van der Waals surface area (Å²) in [7, 11) is 0. The third-order valence-electron chi connectivity index (χ3n) is 6.51. The number of para-hydroxylation sites is 1. The number of Topliss-reactive ketones (excluding diaryl/α,β-unsaturated/α-hetero) is 1. The number of benzene rings is 2.